The third-order valence-electron chi connectivity index (χ3n) is 2.05. The monoisotopic (exact) mass is 283 g/mol. The first-order valence-corrected chi connectivity index (χ1v) is 5.96. The van der Waals surface area contributed by atoms with Crippen molar-refractivity contribution in [1.29, 1.82) is 0 Å². The van der Waals surface area contributed by atoms with E-state index >= 15 is 0 Å². The van der Waals surface area contributed by atoms with Gasteiger partial charge in [0.1, 0.15) is 0 Å². The number of nitrogens with zero attached hydrogens (tertiary/aromatic N) is 1. The molecular formula is C11H6ClNO4S. The number of halogens is 1. The van der Waals surface area contributed by atoms with E-state index in [2.05, 4.69) is 0 Å². The Labute approximate surface area is 111 Å². The summed E-state index contributed by atoms with van der Waals surface area (Å²) in [4.78, 5) is 21.3. The van der Waals surface area contributed by atoms with Crippen molar-refractivity contribution < 1.29 is 14.5 Å². The largest absolute Gasteiger partial charge is 0.439 e. The number of rotatable bonds is 4. The van der Waals surface area contributed by atoms with Crippen molar-refractivity contribution in [2.24, 2.45) is 0 Å². The van der Waals surface area contributed by atoms with E-state index < -0.39 is 4.92 Å². The minimum absolute atomic E-state index is 0.0868. The van der Waals surface area contributed by atoms with Gasteiger partial charge < -0.3 is 4.74 Å². The Morgan fingerprint density at radius 2 is 2.11 bits per heavy atom. The van der Waals surface area contributed by atoms with E-state index in [-0.39, 0.29) is 16.5 Å². The van der Waals surface area contributed by atoms with E-state index in [9.17, 15) is 14.9 Å². The van der Waals surface area contributed by atoms with Crippen LogP contribution in [-0.4, -0.2) is 11.2 Å². The molecule has 1 heterocycles. The number of carbonyl (C=O) groups is 1. The number of aldehydes is 1. The number of carbonyl (C=O) groups excluding carboxylic acids is 1. The van der Waals surface area contributed by atoms with Gasteiger partial charge in [0.05, 0.1) is 9.80 Å². The maximum atomic E-state index is 10.8. The van der Waals surface area contributed by atoms with E-state index in [1.54, 1.807) is 12.1 Å². The molecule has 0 aliphatic carbocycles. The van der Waals surface area contributed by atoms with Gasteiger partial charge in [-0.25, -0.2) is 0 Å². The summed E-state index contributed by atoms with van der Waals surface area (Å²) in [6.07, 6.45) is 0.688. The van der Waals surface area contributed by atoms with Crippen LogP contribution in [-0.2, 0) is 0 Å². The Balaban J connectivity index is 2.33. The van der Waals surface area contributed by atoms with Gasteiger partial charge in [-0.15, -0.1) is 0 Å². The van der Waals surface area contributed by atoms with Gasteiger partial charge in [-0.2, -0.15) is 0 Å². The molecule has 0 saturated heterocycles. The fourth-order valence-electron chi connectivity index (χ4n) is 1.28. The van der Waals surface area contributed by atoms with Crippen molar-refractivity contribution in [1.82, 2.24) is 0 Å². The lowest BCUT2D eigenvalue weighted by Crippen LogP contribution is -1.92. The van der Waals surface area contributed by atoms with E-state index in [1.165, 1.54) is 18.2 Å². The summed E-state index contributed by atoms with van der Waals surface area (Å²) < 4.78 is 5.37. The van der Waals surface area contributed by atoms with E-state index in [4.69, 9.17) is 16.3 Å². The molecule has 0 amide bonds. The Morgan fingerprint density at radius 3 is 2.72 bits per heavy atom. The summed E-state index contributed by atoms with van der Waals surface area (Å²) in [5, 5.41) is 11.5. The number of benzene rings is 1. The number of nitro benzene ring substituents is 1. The van der Waals surface area contributed by atoms with Crippen LogP contribution in [0.5, 0.6) is 10.8 Å². The van der Waals surface area contributed by atoms with Crippen LogP contribution in [0.3, 0.4) is 0 Å². The predicted octanol–water partition coefficient (Wildman–Crippen LogP) is 3.91. The highest BCUT2D eigenvalue weighted by Crippen LogP contribution is 2.36. The maximum absolute atomic E-state index is 10.8. The second kappa shape index (κ2) is 5.16. The van der Waals surface area contributed by atoms with E-state index in [1.807, 2.05) is 0 Å². The third kappa shape index (κ3) is 2.66. The lowest BCUT2D eigenvalue weighted by Gasteiger charge is -2.03. The summed E-state index contributed by atoms with van der Waals surface area (Å²) in [6.45, 7) is 0. The molecule has 92 valence electrons. The van der Waals surface area contributed by atoms with Gasteiger partial charge in [0, 0.05) is 11.1 Å². The highest BCUT2D eigenvalue weighted by Gasteiger charge is 2.17. The van der Waals surface area contributed by atoms with Crippen molar-refractivity contribution in [3.8, 4) is 10.8 Å². The standard InChI is InChI=1S/C11H6ClNO4S/c12-7-1-3-10(9(5-7)13(15)16)17-11-4-2-8(6-14)18-11/h1-6H. The van der Waals surface area contributed by atoms with Crippen molar-refractivity contribution in [2.75, 3.05) is 0 Å². The molecule has 1 aromatic heterocycles. The van der Waals surface area contributed by atoms with Gasteiger partial charge in [-0.05, 0) is 24.3 Å². The summed E-state index contributed by atoms with van der Waals surface area (Å²) in [6, 6.07) is 7.28. The Hall–Kier alpha value is -1.92. The maximum Gasteiger partial charge on any atom is 0.313 e. The summed E-state index contributed by atoms with van der Waals surface area (Å²) in [7, 11) is 0. The number of ether oxygens (including phenoxy) is 1. The minimum Gasteiger partial charge on any atom is -0.439 e. The number of hydrogen-bond acceptors (Lipinski definition) is 5. The molecule has 0 saturated carbocycles. The van der Waals surface area contributed by atoms with Gasteiger partial charge in [-0.1, -0.05) is 22.9 Å². The molecule has 0 radical (unpaired) electrons. The predicted molar refractivity (Wildman–Crippen MR) is 67.9 cm³/mol. The van der Waals surface area contributed by atoms with Crippen LogP contribution >= 0.6 is 22.9 Å². The molecule has 0 bridgehead atoms. The Morgan fingerprint density at radius 1 is 1.33 bits per heavy atom. The first-order chi connectivity index (χ1) is 8.60. The number of hydrogen-bond donors (Lipinski definition) is 0. The van der Waals surface area contributed by atoms with Crippen LogP contribution in [0.1, 0.15) is 9.67 Å². The van der Waals surface area contributed by atoms with Gasteiger partial charge in [0.2, 0.25) is 5.75 Å². The van der Waals surface area contributed by atoms with Crippen LogP contribution in [0.2, 0.25) is 5.02 Å². The van der Waals surface area contributed by atoms with Crippen LogP contribution in [0.15, 0.2) is 30.3 Å². The van der Waals surface area contributed by atoms with Crippen molar-refractivity contribution in [3.05, 3.63) is 50.3 Å². The molecule has 2 rings (SSSR count). The van der Waals surface area contributed by atoms with E-state index in [0.29, 0.717) is 16.2 Å². The highest BCUT2D eigenvalue weighted by molar-refractivity contribution is 7.15. The molecule has 0 fully saturated rings. The van der Waals surface area contributed by atoms with Crippen molar-refractivity contribution >= 4 is 34.9 Å². The molecule has 0 aliphatic rings. The Kier molecular flexibility index (Phi) is 3.59. The van der Waals surface area contributed by atoms with Gasteiger partial charge in [0.25, 0.3) is 0 Å². The van der Waals surface area contributed by atoms with E-state index in [0.717, 1.165) is 11.3 Å². The average Bonchev–Trinajstić information content (AvgIpc) is 2.79. The average molecular weight is 284 g/mol. The molecule has 0 aliphatic heterocycles. The quantitative estimate of drug-likeness (QED) is 0.484. The van der Waals surface area contributed by atoms with Gasteiger partial charge in [0.15, 0.2) is 11.3 Å². The van der Waals surface area contributed by atoms with Crippen LogP contribution in [0, 0.1) is 10.1 Å². The van der Waals surface area contributed by atoms with Crippen molar-refractivity contribution in [3.63, 3.8) is 0 Å². The van der Waals surface area contributed by atoms with Crippen LogP contribution in [0.25, 0.3) is 0 Å². The van der Waals surface area contributed by atoms with Crippen LogP contribution in [0.4, 0.5) is 5.69 Å². The fourth-order valence-corrected chi connectivity index (χ4v) is 2.13. The molecular weight excluding hydrogens is 278 g/mol. The molecule has 5 nitrogen and oxygen atoms in total. The smallest absolute Gasteiger partial charge is 0.313 e. The molecule has 2 aromatic rings. The number of thiophene rings is 1. The van der Waals surface area contributed by atoms with Crippen LogP contribution < -0.4 is 4.74 Å². The molecule has 1 aromatic carbocycles. The molecule has 0 N–H and O–H groups in total. The zero-order valence-electron chi connectivity index (χ0n) is 8.83. The SMILES string of the molecule is O=Cc1ccc(Oc2ccc(Cl)cc2[N+](=O)[O-])s1. The Bertz CT molecular complexity index is 611. The zero-order chi connectivity index (χ0) is 13.1. The zero-order valence-corrected chi connectivity index (χ0v) is 10.4. The second-order valence-corrected chi connectivity index (χ2v) is 4.76. The molecule has 18 heavy (non-hydrogen) atoms. The molecule has 7 heteroatoms. The second-order valence-electron chi connectivity index (χ2n) is 3.25. The topological polar surface area (TPSA) is 69.4 Å². The highest BCUT2D eigenvalue weighted by atomic mass is 35.5. The normalized spacial score (nSPS) is 10.1. The first-order valence-electron chi connectivity index (χ1n) is 4.77. The van der Waals surface area contributed by atoms with Gasteiger partial charge >= 0.3 is 5.69 Å². The third-order valence-corrected chi connectivity index (χ3v) is 3.17. The lowest BCUT2D eigenvalue weighted by atomic mass is 10.3. The lowest BCUT2D eigenvalue weighted by molar-refractivity contribution is -0.385. The molecule has 0 spiro atoms. The summed E-state index contributed by atoms with van der Waals surface area (Å²) in [5.74, 6) is 0.0868. The van der Waals surface area contributed by atoms with Crippen molar-refractivity contribution in [2.45, 2.75) is 0 Å². The summed E-state index contributed by atoms with van der Waals surface area (Å²) in [5.41, 5.74) is -0.219. The molecule has 0 atom stereocenters. The fraction of sp³-hybridized carbons (Fsp3) is 0. The minimum atomic E-state index is -0.574. The van der Waals surface area contributed by atoms with Gasteiger partial charge in [-0.3, -0.25) is 14.9 Å². The molecule has 0 unspecified atom stereocenters. The number of nitro groups is 1. The summed E-state index contributed by atoms with van der Waals surface area (Å²) >= 11 is 6.79. The first kappa shape index (κ1) is 12.5.